The molecular weight excluding hydrogens is 649 g/mol. The number of carbonyl (C=O) groups excluding carboxylic acids is 1. The number of halogens is 1. The first-order valence-corrected chi connectivity index (χ1v) is 17.9. The summed E-state index contributed by atoms with van der Waals surface area (Å²) in [6.45, 7) is 8.49. The summed E-state index contributed by atoms with van der Waals surface area (Å²) in [5.74, 6) is 3.11. The number of rotatable bonds is 11. The van der Waals surface area contributed by atoms with Gasteiger partial charge in [-0.1, -0.05) is 13.8 Å². The standard InChI is InChI=1S/C37H44FN11O2/c1-22(2)33(24-12-27(13-24)45-26-8-10-41-31(15-26)46-36(50)39-3)49-18-37(19-49)9-11-48(17-37)34-35(47-44-21-43-34)51-30-7-6-25(38)14-28(30)29-16-40-20-42-32(29)23-4-5-23/h6-8,10,14-16,20-24,27,33H,4-5,9,11-13,17-19H2,1-3H3,(H3,39,41,45,46,50)/t24?,27?,33-/m1/s1. The van der Waals surface area contributed by atoms with E-state index in [0.717, 1.165) is 75.2 Å². The van der Waals surface area contributed by atoms with Crippen molar-refractivity contribution in [3.05, 3.63) is 66.9 Å². The van der Waals surface area contributed by atoms with Crippen molar-refractivity contribution < 1.29 is 13.9 Å². The third-order valence-electron chi connectivity index (χ3n) is 10.9. The lowest BCUT2D eigenvalue weighted by molar-refractivity contribution is -0.0656. The van der Waals surface area contributed by atoms with Gasteiger partial charge < -0.3 is 20.3 Å². The van der Waals surface area contributed by atoms with E-state index in [4.69, 9.17) is 4.74 Å². The number of hydrogen-bond donors (Lipinski definition) is 3. The van der Waals surface area contributed by atoms with Gasteiger partial charge in [-0.05, 0) is 68.2 Å². The first-order valence-electron chi connectivity index (χ1n) is 17.9. The molecule has 2 saturated heterocycles. The third kappa shape index (κ3) is 6.88. The van der Waals surface area contributed by atoms with Crippen LogP contribution in [0.2, 0.25) is 0 Å². The van der Waals surface area contributed by atoms with Gasteiger partial charge in [-0.25, -0.2) is 29.1 Å². The molecule has 8 rings (SSSR count). The van der Waals surface area contributed by atoms with Gasteiger partial charge in [0, 0.05) is 91.9 Å². The van der Waals surface area contributed by atoms with Crippen LogP contribution in [0.25, 0.3) is 11.1 Å². The Labute approximate surface area is 296 Å². The van der Waals surface area contributed by atoms with E-state index in [9.17, 15) is 9.18 Å². The number of amides is 2. The molecule has 2 aliphatic carbocycles. The number of pyridine rings is 1. The normalized spacial score (nSPS) is 21.5. The smallest absolute Gasteiger partial charge is 0.320 e. The molecule has 2 aliphatic heterocycles. The first-order chi connectivity index (χ1) is 24.8. The van der Waals surface area contributed by atoms with Gasteiger partial charge in [-0.15, -0.1) is 10.2 Å². The number of hydrogen-bond acceptors (Lipinski definition) is 11. The van der Waals surface area contributed by atoms with E-state index in [2.05, 4.69) is 69.7 Å². The first kappa shape index (κ1) is 33.2. The van der Waals surface area contributed by atoms with Crippen LogP contribution >= 0.6 is 0 Å². The second-order valence-corrected chi connectivity index (χ2v) is 14.9. The van der Waals surface area contributed by atoms with Crippen molar-refractivity contribution in [3.63, 3.8) is 0 Å². The highest BCUT2D eigenvalue weighted by atomic mass is 19.1. The summed E-state index contributed by atoms with van der Waals surface area (Å²) in [4.78, 5) is 34.3. The lowest BCUT2D eigenvalue weighted by Crippen LogP contribution is -2.65. The van der Waals surface area contributed by atoms with Gasteiger partial charge >= 0.3 is 6.03 Å². The predicted octanol–water partition coefficient (Wildman–Crippen LogP) is 5.71. The quantitative estimate of drug-likeness (QED) is 0.178. The molecule has 1 aromatic carbocycles. The van der Waals surface area contributed by atoms with E-state index in [1.54, 1.807) is 31.8 Å². The Morgan fingerprint density at radius 3 is 2.67 bits per heavy atom. The van der Waals surface area contributed by atoms with E-state index in [1.165, 1.54) is 18.5 Å². The molecule has 2 amide bonds. The number of anilines is 3. The van der Waals surface area contributed by atoms with Crippen molar-refractivity contribution in [2.75, 3.05) is 48.8 Å². The Morgan fingerprint density at radius 1 is 1.04 bits per heavy atom. The van der Waals surface area contributed by atoms with E-state index in [1.807, 2.05) is 12.1 Å². The fourth-order valence-corrected chi connectivity index (χ4v) is 8.40. The summed E-state index contributed by atoms with van der Waals surface area (Å²) < 4.78 is 21.0. The van der Waals surface area contributed by atoms with Crippen molar-refractivity contribution in [1.82, 2.24) is 40.3 Å². The molecule has 0 bridgehead atoms. The van der Waals surface area contributed by atoms with Crippen LogP contribution in [0.3, 0.4) is 0 Å². The van der Waals surface area contributed by atoms with Gasteiger partial charge in [0.05, 0.1) is 5.69 Å². The minimum absolute atomic E-state index is 0.184. The summed E-state index contributed by atoms with van der Waals surface area (Å²) >= 11 is 0. The number of nitrogens with zero attached hydrogens (tertiary/aromatic N) is 8. The van der Waals surface area contributed by atoms with Gasteiger partial charge in [0.2, 0.25) is 0 Å². The SMILES string of the molecule is CNC(=O)Nc1cc(NC2CC([C@@H](C(C)C)N3CC4(CCN(c5ncnnc5Oc5ccc(F)cc5-c5cncnc5C5CC5)C4)C3)C2)ccn1. The molecule has 51 heavy (non-hydrogen) atoms. The van der Waals surface area contributed by atoms with Crippen molar-refractivity contribution in [3.8, 4) is 22.8 Å². The third-order valence-corrected chi connectivity index (χ3v) is 10.9. The highest BCUT2D eigenvalue weighted by molar-refractivity contribution is 5.88. The maximum absolute atomic E-state index is 14.6. The van der Waals surface area contributed by atoms with Crippen molar-refractivity contribution >= 4 is 23.4 Å². The Morgan fingerprint density at radius 2 is 1.88 bits per heavy atom. The molecular formula is C37H44FN11O2. The van der Waals surface area contributed by atoms with Crippen molar-refractivity contribution in [1.29, 1.82) is 0 Å². The minimum atomic E-state index is -0.357. The zero-order valence-electron chi connectivity index (χ0n) is 29.2. The number of likely N-dealkylation sites (tertiary alicyclic amines) is 1. The molecule has 14 heteroatoms. The van der Waals surface area contributed by atoms with Crippen molar-refractivity contribution in [2.45, 2.75) is 64.0 Å². The number of urea groups is 1. The number of nitrogens with one attached hydrogen (secondary N) is 3. The molecule has 4 fully saturated rings. The van der Waals surface area contributed by atoms with E-state index < -0.39 is 0 Å². The summed E-state index contributed by atoms with van der Waals surface area (Å²) in [6, 6.07) is 8.94. The molecule has 13 nitrogen and oxygen atoms in total. The summed E-state index contributed by atoms with van der Waals surface area (Å²) in [5.41, 5.74) is 3.44. The van der Waals surface area contributed by atoms with Gasteiger partial charge in [0.15, 0.2) is 5.82 Å². The Hall–Kier alpha value is -4.98. The lowest BCUT2D eigenvalue weighted by Gasteiger charge is -2.57. The van der Waals surface area contributed by atoms with Gasteiger partial charge in [0.1, 0.15) is 30.0 Å². The van der Waals surface area contributed by atoms with Crippen LogP contribution in [0.15, 0.2) is 55.4 Å². The maximum Gasteiger partial charge on any atom is 0.320 e. The van der Waals surface area contributed by atoms with Crippen LogP contribution < -0.4 is 25.6 Å². The van der Waals surface area contributed by atoms with Crippen LogP contribution in [0.5, 0.6) is 11.6 Å². The van der Waals surface area contributed by atoms with Crippen molar-refractivity contribution in [2.24, 2.45) is 17.3 Å². The average Bonchev–Trinajstić information content (AvgIpc) is 3.85. The molecule has 5 heterocycles. The van der Waals surface area contributed by atoms with E-state index >= 15 is 0 Å². The summed E-state index contributed by atoms with van der Waals surface area (Å²) in [6.07, 6.45) is 11.9. The molecule has 4 aliphatic rings. The molecule has 1 spiro atoms. The molecule has 266 valence electrons. The molecule has 1 atom stereocenters. The largest absolute Gasteiger partial charge is 0.434 e. The molecule has 2 saturated carbocycles. The summed E-state index contributed by atoms with van der Waals surface area (Å²) in [7, 11) is 1.58. The van der Waals surface area contributed by atoms with Gasteiger partial charge in [-0.2, -0.15) is 0 Å². The lowest BCUT2D eigenvalue weighted by atomic mass is 9.68. The van der Waals surface area contributed by atoms with Crippen LogP contribution in [0.4, 0.5) is 26.5 Å². The highest BCUT2D eigenvalue weighted by Gasteiger charge is 2.53. The second-order valence-electron chi connectivity index (χ2n) is 14.9. The van der Waals surface area contributed by atoms with Crippen LogP contribution in [0, 0.1) is 23.1 Å². The fraction of sp³-hybridized carbons (Fsp3) is 0.486. The highest BCUT2D eigenvalue weighted by Crippen LogP contribution is 2.49. The number of aromatic nitrogens is 6. The fourth-order valence-electron chi connectivity index (χ4n) is 8.40. The number of carbonyl (C=O) groups is 1. The van der Waals surface area contributed by atoms with E-state index in [-0.39, 0.29) is 17.3 Å². The Kier molecular flexibility index (Phi) is 8.86. The molecule has 0 radical (unpaired) electrons. The molecule has 0 unspecified atom stereocenters. The van der Waals surface area contributed by atoms with Gasteiger partial charge in [0.25, 0.3) is 5.88 Å². The average molecular weight is 694 g/mol. The van der Waals surface area contributed by atoms with Crippen LogP contribution in [-0.4, -0.2) is 86.4 Å². The minimum Gasteiger partial charge on any atom is -0.434 e. The van der Waals surface area contributed by atoms with E-state index in [0.29, 0.717) is 58.7 Å². The van der Waals surface area contributed by atoms with Crippen LogP contribution in [-0.2, 0) is 0 Å². The molecule has 3 N–H and O–H groups in total. The second kappa shape index (κ2) is 13.6. The van der Waals surface area contributed by atoms with Gasteiger partial charge in [-0.3, -0.25) is 10.2 Å². The zero-order valence-corrected chi connectivity index (χ0v) is 29.2. The molecule has 3 aromatic heterocycles. The molecule has 4 aromatic rings. The number of ether oxygens (including phenoxy) is 1. The maximum atomic E-state index is 14.6. The Balaban J connectivity index is 0.907. The topological polar surface area (TPSA) is 146 Å². The summed E-state index contributed by atoms with van der Waals surface area (Å²) in [5, 5.41) is 17.3. The van der Waals surface area contributed by atoms with Crippen LogP contribution in [0.1, 0.15) is 57.6 Å². The Bertz CT molecular complexity index is 1890. The zero-order chi connectivity index (χ0) is 35.1. The number of benzene rings is 1. The predicted molar refractivity (Wildman–Crippen MR) is 191 cm³/mol. The monoisotopic (exact) mass is 693 g/mol.